The Kier molecular flexibility index (Phi) is 17.0. The van der Waals surface area contributed by atoms with E-state index < -0.39 is 0 Å². The minimum absolute atomic E-state index is 0. The Labute approximate surface area is 112 Å². The molecular weight excluding hydrogens is 294 g/mol. The van der Waals surface area contributed by atoms with Crippen molar-refractivity contribution in [3.05, 3.63) is 72.8 Å². The molecule has 0 aromatic heterocycles. The number of rotatable bonds is 0. The molecular formula is C12H13AgN3-2. The Morgan fingerprint density at radius 3 is 1.06 bits per heavy atom. The first-order valence-electron chi connectivity index (χ1n) is 4.30. The molecule has 1 radical (unpaired) electrons. The minimum Gasteiger partial charge on any atom is -0.305 e. The van der Waals surface area contributed by atoms with Gasteiger partial charge in [0, 0.05) is 22.4 Å². The molecule has 0 unspecified atom stereocenters. The Bertz CT molecular complexity index is 229. The van der Waals surface area contributed by atoms with Crippen molar-refractivity contribution in [3.63, 3.8) is 0 Å². The minimum atomic E-state index is 0. The van der Waals surface area contributed by atoms with Gasteiger partial charge in [0.1, 0.15) is 0 Å². The third-order valence-corrected chi connectivity index (χ3v) is 1.21. The van der Waals surface area contributed by atoms with E-state index in [9.17, 15) is 0 Å². The molecule has 2 rings (SSSR count). The van der Waals surface area contributed by atoms with Crippen LogP contribution in [0, 0.1) is 17.7 Å². The molecule has 0 heterocycles. The summed E-state index contributed by atoms with van der Waals surface area (Å²) < 4.78 is 0. The zero-order valence-electron chi connectivity index (χ0n) is 8.60. The molecule has 0 bridgehead atoms. The Balaban J connectivity index is 0. The Morgan fingerprint density at radius 2 is 1.00 bits per heavy atom. The van der Waals surface area contributed by atoms with Gasteiger partial charge in [0.25, 0.3) is 0 Å². The van der Waals surface area contributed by atoms with Crippen molar-refractivity contribution >= 4 is 0 Å². The van der Waals surface area contributed by atoms with Gasteiger partial charge in [-0.3, -0.25) is 0 Å². The van der Waals surface area contributed by atoms with Gasteiger partial charge in [0.2, 0.25) is 0 Å². The maximum absolute atomic E-state index is 5.61. The first kappa shape index (κ1) is 17.0. The van der Waals surface area contributed by atoms with Crippen LogP contribution in [0.1, 0.15) is 0 Å². The van der Waals surface area contributed by atoms with Gasteiger partial charge in [-0.05, 0) is 0 Å². The molecule has 2 aromatic rings. The van der Waals surface area contributed by atoms with Gasteiger partial charge in [0.05, 0.1) is 0 Å². The number of nitrogens with one attached hydrogen (secondary N) is 1. The van der Waals surface area contributed by atoms with Gasteiger partial charge in [-0.1, -0.05) is 5.22 Å². The fourth-order valence-corrected chi connectivity index (χ4v) is 0.684. The van der Waals surface area contributed by atoms with Crippen LogP contribution in [0.3, 0.4) is 0 Å². The van der Waals surface area contributed by atoms with Gasteiger partial charge in [-0.25, -0.2) is 0 Å². The average Bonchev–Trinajstić information content (AvgIpc) is 2.35. The Morgan fingerprint density at radius 1 is 0.750 bits per heavy atom. The molecule has 4 heteroatoms. The monoisotopic (exact) mass is 306 g/mol. The van der Waals surface area contributed by atoms with Gasteiger partial charge < -0.3 is 5.84 Å². The van der Waals surface area contributed by atoms with E-state index in [1.807, 2.05) is 60.7 Å². The molecule has 89 valence electrons. The molecule has 0 saturated heterocycles. The van der Waals surface area contributed by atoms with Crippen molar-refractivity contribution in [2.75, 3.05) is 0 Å². The summed E-state index contributed by atoms with van der Waals surface area (Å²) in [6, 6.07) is 25.0. The van der Waals surface area contributed by atoms with Gasteiger partial charge in [0.15, 0.2) is 0 Å². The summed E-state index contributed by atoms with van der Waals surface area (Å²) in [5.41, 5.74) is 5.61. The molecule has 0 aliphatic heterocycles. The smallest absolute Gasteiger partial charge is 0 e. The summed E-state index contributed by atoms with van der Waals surface area (Å²) in [7, 11) is 0. The van der Waals surface area contributed by atoms with Crippen LogP contribution in [-0.4, -0.2) is 0 Å². The predicted octanol–water partition coefficient (Wildman–Crippen LogP) is 2.86. The van der Waals surface area contributed by atoms with Crippen molar-refractivity contribution in [2.24, 2.45) is 11.1 Å². The topological polar surface area (TPSA) is 62.2 Å². The van der Waals surface area contributed by atoms with Crippen LogP contribution in [0.15, 0.2) is 65.9 Å². The molecule has 0 spiro atoms. The van der Waals surface area contributed by atoms with Crippen molar-refractivity contribution in [3.8, 4) is 0 Å². The van der Waals surface area contributed by atoms with E-state index in [-0.39, 0.29) is 22.4 Å². The molecule has 0 aliphatic carbocycles. The van der Waals surface area contributed by atoms with Crippen LogP contribution in [-0.2, 0) is 22.4 Å². The van der Waals surface area contributed by atoms with Crippen molar-refractivity contribution < 1.29 is 22.4 Å². The third kappa shape index (κ3) is 15.1. The number of hydrogen-bond donors (Lipinski definition) is 2. The van der Waals surface area contributed by atoms with Crippen LogP contribution in [0.25, 0.3) is 0 Å². The molecule has 0 aliphatic rings. The van der Waals surface area contributed by atoms with E-state index in [1.165, 1.54) is 0 Å². The normalized spacial score (nSPS) is 6.75. The molecule has 3 nitrogen and oxygen atoms in total. The fraction of sp³-hybridized carbons (Fsp3) is 0. The molecule has 16 heavy (non-hydrogen) atoms. The van der Waals surface area contributed by atoms with Crippen LogP contribution < -0.4 is 5.84 Å². The van der Waals surface area contributed by atoms with E-state index in [4.69, 9.17) is 5.53 Å². The number of nitrogens with two attached hydrogens (primary N) is 1. The van der Waals surface area contributed by atoms with Gasteiger partial charge in [-0.2, -0.15) is 78.3 Å². The molecule has 0 fully saturated rings. The summed E-state index contributed by atoms with van der Waals surface area (Å²) in [5.74, 6) is 4.14. The summed E-state index contributed by atoms with van der Waals surface area (Å²) in [5, 5.41) is 2.25. The van der Waals surface area contributed by atoms with Gasteiger partial charge in [-0.15, -0.1) is 0 Å². The van der Waals surface area contributed by atoms with Crippen molar-refractivity contribution in [1.82, 2.24) is 0 Å². The largest absolute Gasteiger partial charge is 0.305 e. The van der Waals surface area contributed by atoms with E-state index in [2.05, 4.69) is 23.2 Å². The molecule has 0 saturated carbocycles. The van der Waals surface area contributed by atoms with Gasteiger partial charge >= 0.3 is 0 Å². The zero-order valence-corrected chi connectivity index (χ0v) is 10.1. The van der Waals surface area contributed by atoms with Crippen LogP contribution in [0.2, 0.25) is 0 Å². The SMILES string of the molecule is N=NN.[Ag].[c-]1ccccc1.[c-]1ccccc1. The number of nitrogens with zero attached hydrogens (tertiary/aromatic N) is 1. The second-order valence-electron chi connectivity index (χ2n) is 2.28. The van der Waals surface area contributed by atoms with Crippen molar-refractivity contribution in [2.45, 2.75) is 0 Å². The molecule has 0 atom stereocenters. The molecule has 0 amide bonds. The van der Waals surface area contributed by atoms with Crippen LogP contribution in [0.4, 0.5) is 0 Å². The van der Waals surface area contributed by atoms with E-state index in [0.717, 1.165) is 0 Å². The predicted molar refractivity (Wildman–Crippen MR) is 59.9 cm³/mol. The first-order valence-corrected chi connectivity index (χ1v) is 4.30. The summed E-state index contributed by atoms with van der Waals surface area (Å²) in [6.45, 7) is 0. The van der Waals surface area contributed by atoms with E-state index in [1.54, 1.807) is 0 Å². The number of benzene rings is 2. The van der Waals surface area contributed by atoms with Crippen LogP contribution in [0.5, 0.6) is 0 Å². The van der Waals surface area contributed by atoms with Crippen LogP contribution >= 0.6 is 0 Å². The summed E-state index contributed by atoms with van der Waals surface area (Å²) >= 11 is 0. The average molecular weight is 307 g/mol. The first-order chi connectivity index (χ1) is 7.41. The summed E-state index contributed by atoms with van der Waals surface area (Å²) in [6.07, 6.45) is 0. The number of hydrogen-bond acceptors (Lipinski definition) is 2. The maximum atomic E-state index is 5.61. The molecule has 2 aromatic carbocycles. The van der Waals surface area contributed by atoms with E-state index >= 15 is 0 Å². The third-order valence-electron chi connectivity index (χ3n) is 1.21. The standard InChI is InChI=1S/2C6H5.Ag.H3N3/c2*1-2-4-6-5-3-1;;1-3-2/h2*1-5H;;(H3,1,2)/q2*-1;;. The maximum Gasteiger partial charge on any atom is 0 e. The van der Waals surface area contributed by atoms with Crippen molar-refractivity contribution in [1.29, 1.82) is 5.53 Å². The summed E-state index contributed by atoms with van der Waals surface area (Å²) in [4.78, 5) is 0. The van der Waals surface area contributed by atoms with E-state index in [0.29, 0.717) is 0 Å². The zero-order chi connectivity index (χ0) is 11.2. The fourth-order valence-electron chi connectivity index (χ4n) is 0.684. The Hall–Kier alpha value is -1.42. The second kappa shape index (κ2) is 16.0. The molecule has 3 N–H and O–H groups in total. The second-order valence-corrected chi connectivity index (χ2v) is 2.28. The quantitative estimate of drug-likeness (QED) is 0.254.